The van der Waals surface area contributed by atoms with Crippen LogP contribution in [0.2, 0.25) is 0 Å². The molecule has 2 atom stereocenters. The summed E-state index contributed by atoms with van der Waals surface area (Å²) < 4.78 is 0. The summed E-state index contributed by atoms with van der Waals surface area (Å²) in [7, 11) is 0. The molecule has 2 bridgehead atoms. The molecule has 3 aliphatic rings. The average Bonchev–Trinajstić information content (AvgIpc) is 2.30. The van der Waals surface area contributed by atoms with E-state index in [1.54, 1.807) is 0 Å². The van der Waals surface area contributed by atoms with E-state index in [0.717, 1.165) is 25.4 Å². The van der Waals surface area contributed by atoms with Crippen molar-refractivity contribution >= 4 is 5.97 Å². The van der Waals surface area contributed by atoms with Gasteiger partial charge in [0.05, 0.1) is 0 Å². The summed E-state index contributed by atoms with van der Waals surface area (Å²) in [5.74, 6) is 0.659. The van der Waals surface area contributed by atoms with Crippen LogP contribution in [0.4, 0.5) is 0 Å². The molecule has 4 heteroatoms. The van der Waals surface area contributed by atoms with Crippen molar-refractivity contribution in [1.29, 1.82) is 0 Å². The Labute approximate surface area is 97.0 Å². The number of carboxylic acid groups (broad SMARTS) is 1. The summed E-state index contributed by atoms with van der Waals surface area (Å²) in [6.45, 7) is 6.25. The Morgan fingerprint density at radius 2 is 2.19 bits per heavy atom. The molecule has 0 spiro atoms. The van der Waals surface area contributed by atoms with Crippen LogP contribution in [0.1, 0.15) is 26.2 Å². The number of aliphatic carboxylic acids is 1. The molecule has 0 aromatic carbocycles. The molecule has 0 aromatic rings. The predicted octanol–water partition coefficient (Wildman–Crippen LogP) is 0.781. The topological polar surface area (TPSA) is 52.6 Å². The van der Waals surface area contributed by atoms with Gasteiger partial charge in [-0.2, -0.15) is 0 Å². The second-order valence-corrected chi connectivity index (χ2v) is 5.08. The van der Waals surface area contributed by atoms with Crippen molar-refractivity contribution in [3.8, 4) is 0 Å². The molecule has 16 heavy (non-hydrogen) atoms. The number of likely N-dealkylation sites (N-methyl/N-ethyl adjacent to an activating group) is 1. The number of piperidine rings is 3. The average molecular weight is 226 g/mol. The van der Waals surface area contributed by atoms with Crippen molar-refractivity contribution in [2.24, 2.45) is 11.8 Å². The molecule has 2 unspecified atom stereocenters. The van der Waals surface area contributed by atoms with Crippen molar-refractivity contribution < 1.29 is 9.90 Å². The Balaban J connectivity index is 1.90. The quantitative estimate of drug-likeness (QED) is 0.727. The van der Waals surface area contributed by atoms with Crippen LogP contribution >= 0.6 is 0 Å². The van der Waals surface area contributed by atoms with Crippen LogP contribution in [0.25, 0.3) is 0 Å². The number of fused-ring (bicyclic) bond motifs is 3. The number of rotatable bonds is 5. The van der Waals surface area contributed by atoms with Crippen molar-refractivity contribution in [2.45, 2.75) is 32.2 Å². The molecule has 3 heterocycles. The van der Waals surface area contributed by atoms with Gasteiger partial charge in [-0.3, -0.25) is 4.79 Å². The zero-order chi connectivity index (χ0) is 11.5. The fourth-order valence-electron chi connectivity index (χ4n) is 3.18. The van der Waals surface area contributed by atoms with Gasteiger partial charge in [-0.1, -0.05) is 6.92 Å². The lowest BCUT2D eigenvalue weighted by atomic mass is 9.76. The van der Waals surface area contributed by atoms with Crippen LogP contribution in [-0.2, 0) is 4.79 Å². The van der Waals surface area contributed by atoms with Crippen LogP contribution < -0.4 is 5.32 Å². The summed E-state index contributed by atoms with van der Waals surface area (Å²) in [6.07, 6.45) is 3.33. The van der Waals surface area contributed by atoms with Crippen LogP contribution in [0, 0.1) is 11.8 Å². The van der Waals surface area contributed by atoms with Gasteiger partial charge in [0.25, 0.3) is 0 Å². The SMILES string of the molecule is CCNC(CC1CN2CCC1CC2)C(=O)O. The lowest BCUT2D eigenvalue weighted by Gasteiger charge is -2.45. The van der Waals surface area contributed by atoms with Gasteiger partial charge in [0.15, 0.2) is 0 Å². The lowest BCUT2D eigenvalue weighted by Crippen LogP contribution is -2.50. The first-order chi connectivity index (χ1) is 7.70. The molecule has 0 radical (unpaired) electrons. The molecule has 3 saturated heterocycles. The highest BCUT2D eigenvalue weighted by atomic mass is 16.4. The van der Waals surface area contributed by atoms with Crippen LogP contribution in [0.15, 0.2) is 0 Å². The maximum atomic E-state index is 11.1. The maximum Gasteiger partial charge on any atom is 0.320 e. The minimum atomic E-state index is -0.696. The number of carboxylic acids is 1. The van der Waals surface area contributed by atoms with E-state index in [9.17, 15) is 4.79 Å². The summed E-state index contributed by atoms with van der Waals surface area (Å²) in [6, 6.07) is -0.351. The molecule has 0 amide bonds. The summed E-state index contributed by atoms with van der Waals surface area (Å²) in [5.41, 5.74) is 0. The fraction of sp³-hybridized carbons (Fsp3) is 0.917. The highest BCUT2D eigenvalue weighted by molar-refractivity contribution is 5.73. The molecule has 2 N–H and O–H groups in total. The van der Waals surface area contributed by atoms with Crippen molar-refractivity contribution in [2.75, 3.05) is 26.2 Å². The summed E-state index contributed by atoms with van der Waals surface area (Å²) in [5, 5.41) is 12.2. The molecular formula is C12H22N2O2. The van der Waals surface area contributed by atoms with Crippen LogP contribution in [0.3, 0.4) is 0 Å². The molecule has 0 aliphatic carbocycles. The standard InChI is InChI=1S/C12H22N2O2/c1-2-13-11(12(15)16)7-10-8-14-5-3-9(10)4-6-14/h9-11,13H,2-8H2,1H3,(H,15,16). The zero-order valence-corrected chi connectivity index (χ0v) is 9.98. The first kappa shape index (κ1) is 11.9. The maximum absolute atomic E-state index is 11.1. The van der Waals surface area contributed by atoms with E-state index in [1.165, 1.54) is 25.9 Å². The predicted molar refractivity (Wildman–Crippen MR) is 62.4 cm³/mol. The summed E-state index contributed by atoms with van der Waals surface area (Å²) in [4.78, 5) is 13.6. The Hall–Kier alpha value is -0.610. The van der Waals surface area contributed by atoms with Gasteiger partial charge in [0.1, 0.15) is 6.04 Å². The molecule has 3 rings (SSSR count). The number of nitrogens with one attached hydrogen (secondary N) is 1. The van der Waals surface area contributed by atoms with Crippen LogP contribution in [-0.4, -0.2) is 48.2 Å². The first-order valence-corrected chi connectivity index (χ1v) is 6.39. The van der Waals surface area contributed by atoms with Gasteiger partial charge in [-0.05, 0) is 50.7 Å². The van der Waals surface area contributed by atoms with E-state index in [-0.39, 0.29) is 6.04 Å². The highest BCUT2D eigenvalue weighted by Gasteiger charge is 2.36. The molecule has 0 aromatic heterocycles. The lowest BCUT2D eigenvalue weighted by molar-refractivity contribution is -0.140. The van der Waals surface area contributed by atoms with E-state index in [0.29, 0.717) is 5.92 Å². The molecule has 3 fully saturated rings. The Bertz CT molecular complexity index is 249. The molecule has 92 valence electrons. The highest BCUT2D eigenvalue weighted by Crippen LogP contribution is 2.34. The van der Waals surface area contributed by atoms with Crippen LogP contribution in [0.5, 0.6) is 0 Å². The number of hydrogen-bond donors (Lipinski definition) is 2. The van der Waals surface area contributed by atoms with Gasteiger partial charge in [0.2, 0.25) is 0 Å². The minimum absolute atomic E-state index is 0.351. The van der Waals surface area contributed by atoms with Crippen molar-refractivity contribution in [3.63, 3.8) is 0 Å². The monoisotopic (exact) mass is 226 g/mol. The zero-order valence-electron chi connectivity index (χ0n) is 9.98. The van der Waals surface area contributed by atoms with Crippen molar-refractivity contribution in [1.82, 2.24) is 10.2 Å². The molecule has 0 saturated carbocycles. The van der Waals surface area contributed by atoms with E-state index < -0.39 is 5.97 Å². The van der Waals surface area contributed by atoms with E-state index in [1.807, 2.05) is 6.92 Å². The van der Waals surface area contributed by atoms with E-state index in [2.05, 4.69) is 10.2 Å². The summed E-state index contributed by atoms with van der Waals surface area (Å²) >= 11 is 0. The molecule has 3 aliphatic heterocycles. The molecule has 4 nitrogen and oxygen atoms in total. The van der Waals surface area contributed by atoms with Gasteiger partial charge < -0.3 is 15.3 Å². The third-order valence-electron chi connectivity index (χ3n) is 4.08. The van der Waals surface area contributed by atoms with Gasteiger partial charge in [-0.25, -0.2) is 0 Å². The fourth-order valence-corrected chi connectivity index (χ4v) is 3.18. The third-order valence-corrected chi connectivity index (χ3v) is 4.08. The van der Waals surface area contributed by atoms with Gasteiger partial charge in [-0.15, -0.1) is 0 Å². The second kappa shape index (κ2) is 5.15. The smallest absolute Gasteiger partial charge is 0.320 e. The Morgan fingerprint density at radius 1 is 1.50 bits per heavy atom. The normalized spacial score (nSPS) is 34.9. The van der Waals surface area contributed by atoms with E-state index >= 15 is 0 Å². The Morgan fingerprint density at radius 3 is 2.62 bits per heavy atom. The first-order valence-electron chi connectivity index (χ1n) is 6.39. The second-order valence-electron chi connectivity index (χ2n) is 5.08. The number of carbonyl (C=O) groups is 1. The number of nitrogens with zero attached hydrogens (tertiary/aromatic N) is 1. The van der Waals surface area contributed by atoms with Crippen molar-refractivity contribution in [3.05, 3.63) is 0 Å². The third kappa shape index (κ3) is 2.55. The minimum Gasteiger partial charge on any atom is -0.480 e. The molecular weight excluding hydrogens is 204 g/mol. The largest absolute Gasteiger partial charge is 0.480 e. The Kier molecular flexibility index (Phi) is 3.82. The van der Waals surface area contributed by atoms with Gasteiger partial charge in [0, 0.05) is 6.54 Å². The number of hydrogen-bond acceptors (Lipinski definition) is 3. The van der Waals surface area contributed by atoms with Gasteiger partial charge >= 0.3 is 5.97 Å². The van der Waals surface area contributed by atoms with E-state index in [4.69, 9.17) is 5.11 Å².